The van der Waals surface area contributed by atoms with Crippen LogP contribution in [0, 0.1) is 0 Å². The Bertz CT molecular complexity index is 1300. The number of rotatable bonds is 50. The third kappa shape index (κ3) is 53.4. The maximum atomic E-state index is 12.7. The Balaban J connectivity index is 4.11. The van der Waals surface area contributed by atoms with Crippen molar-refractivity contribution >= 4 is 17.9 Å². The Morgan fingerprint density at radius 2 is 0.582 bits per heavy atom. The van der Waals surface area contributed by atoms with Crippen molar-refractivity contribution in [3.63, 3.8) is 0 Å². The van der Waals surface area contributed by atoms with E-state index in [2.05, 4.69) is 106 Å². The molecule has 0 N–H and O–H groups in total. The number of ether oxygens (including phenoxy) is 3. The first-order valence-corrected chi connectivity index (χ1v) is 28.1. The highest BCUT2D eigenvalue weighted by molar-refractivity contribution is 5.71. The SMILES string of the molecule is CC/C=C\C/C=C\C/C=C\C/C=C\C/C=C\CCCCCCCCCCCCCCCC(=O)OCC(COC(=O)CCCCCCC/C=C\CCC)OC(=O)CCCCCCC/C=C\CCC. The molecule has 0 spiro atoms. The van der Waals surface area contributed by atoms with Crippen molar-refractivity contribution in [2.75, 3.05) is 13.2 Å². The monoisotopic (exact) mass is 933 g/mol. The van der Waals surface area contributed by atoms with Crippen LogP contribution in [0.3, 0.4) is 0 Å². The zero-order valence-electron chi connectivity index (χ0n) is 43.9. The van der Waals surface area contributed by atoms with E-state index in [9.17, 15) is 14.4 Å². The van der Waals surface area contributed by atoms with E-state index in [0.29, 0.717) is 19.3 Å². The summed E-state index contributed by atoms with van der Waals surface area (Å²) in [5.41, 5.74) is 0. The van der Waals surface area contributed by atoms with Crippen molar-refractivity contribution in [3.05, 3.63) is 85.1 Å². The molecule has 0 saturated carbocycles. The summed E-state index contributed by atoms with van der Waals surface area (Å²) in [6.45, 7) is 6.39. The lowest BCUT2D eigenvalue weighted by Gasteiger charge is -2.18. The van der Waals surface area contributed by atoms with Crippen molar-refractivity contribution in [1.82, 2.24) is 0 Å². The number of carbonyl (C=O) groups is 3. The summed E-state index contributed by atoms with van der Waals surface area (Å²) in [5.74, 6) is -0.904. The molecule has 0 aromatic carbocycles. The van der Waals surface area contributed by atoms with Gasteiger partial charge in [0, 0.05) is 19.3 Å². The number of esters is 3. The fraction of sp³-hybridized carbons (Fsp3) is 0.721. The summed E-state index contributed by atoms with van der Waals surface area (Å²) in [7, 11) is 0. The van der Waals surface area contributed by atoms with Crippen LogP contribution in [0.4, 0.5) is 0 Å². The molecule has 0 bridgehead atoms. The number of carbonyl (C=O) groups excluding carboxylic acids is 3. The van der Waals surface area contributed by atoms with Crippen molar-refractivity contribution in [1.29, 1.82) is 0 Å². The van der Waals surface area contributed by atoms with Crippen molar-refractivity contribution < 1.29 is 28.6 Å². The highest BCUT2D eigenvalue weighted by Gasteiger charge is 2.19. The molecule has 384 valence electrons. The molecule has 1 atom stereocenters. The van der Waals surface area contributed by atoms with Crippen LogP contribution in [-0.2, 0) is 28.6 Å². The zero-order chi connectivity index (χ0) is 48.6. The highest BCUT2D eigenvalue weighted by atomic mass is 16.6. The number of allylic oxidation sites excluding steroid dienone is 14. The lowest BCUT2D eigenvalue weighted by Crippen LogP contribution is -2.30. The smallest absolute Gasteiger partial charge is 0.306 e. The van der Waals surface area contributed by atoms with Crippen LogP contribution in [0.5, 0.6) is 0 Å². The van der Waals surface area contributed by atoms with Gasteiger partial charge in [-0.1, -0.05) is 228 Å². The third-order valence-corrected chi connectivity index (χ3v) is 11.8. The Morgan fingerprint density at radius 3 is 0.925 bits per heavy atom. The largest absolute Gasteiger partial charge is 0.462 e. The lowest BCUT2D eigenvalue weighted by atomic mass is 10.0. The summed E-state index contributed by atoms with van der Waals surface area (Å²) < 4.78 is 16.8. The molecule has 0 aromatic heterocycles. The second-order valence-corrected chi connectivity index (χ2v) is 18.5. The minimum Gasteiger partial charge on any atom is -0.462 e. The molecule has 1 unspecified atom stereocenters. The van der Waals surface area contributed by atoms with E-state index in [4.69, 9.17) is 14.2 Å². The minimum atomic E-state index is -0.781. The fourth-order valence-corrected chi connectivity index (χ4v) is 7.65. The summed E-state index contributed by atoms with van der Waals surface area (Å²) in [6.07, 6.45) is 71.7. The molecule has 0 heterocycles. The Kier molecular flexibility index (Phi) is 52.4. The van der Waals surface area contributed by atoms with Crippen molar-refractivity contribution in [2.24, 2.45) is 0 Å². The Labute approximate surface area is 414 Å². The number of hydrogen-bond acceptors (Lipinski definition) is 6. The van der Waals surface area contributed by atoms with Gasteiger partial charge < -0.3 is 14.2 Å². The standard InChI is InChI=1S/C61H104O6/c1-4-7-10-13-16-19-22-23-24-25-26-27-28-29-30-31-32-33-34-35-36-37-38-39-40-43-45-48-51-54-60(63)66-57-58(67-61(64)55-52-49-46-42-21-18-15-12-9-6-3)56-65-59(62)53-50-47-44-41-20-17-14-11-8-5-2/h7,10-12,14-16,19,23-24,26-27,29-30,58H,4-6,8-9,13,17-18,20-22,25,28,31-57H2,1-3H3/b10-7-,14-11-,15-12-,19-16-,24-23-,27-26-,30-29-. The van der Waals surface area contributed by atoms with Gasteiger partial charge in [0.1, 0.15) is 13.2 Å². The molecule has 0 amide bonds. The third-order valence-electron chi connectivity index (χ3n) is 11.8. The molecule has 6 heteroatoms. The van der Waals surface area contributed by atoms with Gasteiger partial charge in [0.05, 0.1) is 0 Å². The Morgan fingerprint density at radius 1 is 0.313 bits per heavy atom. The van der Waals surface area contributed by atoms with Crippen LogP contribution < -0.4 is 0 Å². The molecule has 0 radical (unpaired) electrons. The molecule has 0 aromatic rings. The minimum absolute atomic E-state index is 0.0821. The average molecular weight is 933 g/mol. The topological polar surface area (TPSA) is 78.9 Å². The van der Waals surface area contributed by atoms with Crippen LogP contribution in [0.15, 0.2) is 85.1 Å². The first-order chi connectivity index (χ1) is 33.0. The zero-order valence-corrected chi connectivity index (χ0v) is 43.9. The summed E-state index contributed by atoms with van der Waals surface area (Å²) in [4.78, 5) is 37.9. The molecule has 0 saturated heterocycles. The van der Waals surface area contributed by atoms with Gasteiger partial charge in [-0.2, -0.15) is 0 Å². The van der Waals surface area contributed by atoms with E-state index in [1.165, 1.54) is 103 Å². The number of hydrogen-bond donors (Lipinski definition) is 0. The van der Waals surface area contributed by atoms with Crippen LogP contribution in [0.1, 0.15) is 265 Å². The van der Waals surface area contributed by atoms with Gasteiger partial charge in [-0.05, 0) is 103 Å². The van der Waals surface area contributed by atoms with E-state index >= 15 is 0 Å². The van der Waals surface area contributed by atoms with Crippen molar-refractivity contribution in [3.8, 4) is 0 Å². The van der Waals surface area contributed by atoms with Crippen LogP contribution in [-0.4, -0.2) is 37.2 Å². The van der Waals surface area contributed by atoms with Crippen LogP contribution in [0.25, 0.3) is 0 Å². The van der Waals surface area contributed by atoms with E-state index in [-0.39, 0.29) is 31.1 Å². The lowest BCUT2D eigenvalue weighted by molar-refractivity contribution is -0.167. The van der Waals surface area contributed by atoms with Gasteiger partial charge in [-0.25, -0.2) is 0 Å². The first-order valence-electron chi connectivity index (χ1n) is 28.1. The molecule has 0 aliphatic rings. The fourth-order valence-electron chi connectivity index (χ4n) is 7.65. The van der Waals surface area contributed by atoms with Gasteiger partial charge in [0.25, 0.3) is 0 Å². The summed E-state index contributed by atoms with van der Waals surface area (Å²) in [6, 6.07) is 0. The van der Waals surface area contributed by atoms with Gasteiger partial charge >= 0.3 is 17.9 Å². The molecule has 6 nitrogen and oxygen atoms in total. The highest BCUT2D eigenvalue weighted by Crippen LogP contribution is 2.15. The van der Waals surface area contributed by atoms with Gasteiger partial charge in [0.2, 0.25) is 0 Å². The normalized spacial score (nSPS) is 12.7. The summed E-state index contributed by atoms with van der Waals surface area (Å²) >= 11 is 0. The second-order valence-electron chi connectivity index (χ2n) is 18.5. The number of unbranched alkanes of at least 4 members (excludes halogenated alkanes) is 25. The summed E-state index contributed by atoms with van der Waals surface area (Å²) in [5, 5.41) is 0. The van der Waals surface area contributed by atoms with Crippen LogP contribution >= 0.6 is 0 Å². The second kappa shape index (κ2) is 55.2. The molecule has 0 fully saturated rings. The van der Waals surface area contributed by atoms with E-state index in [1.807, 2.05) is 0 Å². The molecule has 67 heavy (non-hydrogen) atoms. The maximum Gasteiger partial charge on any atom is 0.306 e. The molecule has 0 aliphatic carbocycles. The average Bonchev–Trinajstić information content (AvgIpc) is 3.33. The van der Waals surface area contributed by atoms with Crippen molar-refractivity contribution in [2.45, 2.75) is 271 Å². The first kappa shape index (κ1) is 63.6. The molecule has 0 rings (SSSR count). The van der Waals surface area contributed by atoms with E-state index < -0.39 is 6.10 Å². The maximum absolute atomic E-state index is 12.7. The molecule has 0 aliphatic heterocycles. The van der Waals surface area contributed by atoms with Crippen LogP contribution in [0.2, 0.25) is 0 Å². The predicted molar refractivity (Wildman–Crippen MR) is 288 cm³/mol. The predicted octanol–water partition coefficient (Wildman–Crippen LogP) is 18.8. The quantitative estimate of drug-likeness (QED) is 0.0262. The Hall–Kier alpha value is -3.41. The van der Waals surface area contributed by atoms with E-state index in [1.54, 1.807) is 0 Å². The van der Waals surface area contributed by atoms with E-state index in [0.717, 1.165) is 122 Å². The van der Waals surface area contributed by atoms with Gasteiger partial charge in [0.15, 0.2) is 6.10 Å². The molecular weight excluding hydrogens is 829 g/mol. The van der Waals surface area contributed by atoms with Gasteiger partial charge in [-0.15, -0.1) is 0 Å². The van der Waals surface area contributed by atoms with Gasteiger partial charge in [-0.3, -0.25) is 14.4 Å². The molecular formula is C61H104O6.